The van der Waals surface area contributed by atoms with Crippen LogP contribution in [0.5, 0.6) is 17.2 Å². The molecule has 1 heterocycles. The van der Waals surface area contributed by atoms with Crippen molar-refractivity contribution in [3.8, 4) is 17.2 Å². The van der Waals surface area contributed by atoms with Gasteiger partial charge >= 0.3 is 11.9 Å². The van der Waals surface area contributed by atoms with Crippen LogP contribution in [0, 0.1) is 0 Å². The second-order valence-electron chi connectivity index (χ2n) is 6.21. The highest BCUT2D eigenvalue weighted by Gasteiger charge is 2.26. The molecule has 0 atom stereocenters. The molecule has 2 rings (SSSR count). The SMILES string of the molecule is CCS(=O)(=O)N1CCN(Cc2cc(OC)c(OC)cc2OC)CC1.O=C(O)C(=O)O. The largest absolute Gasteiger partial charge is 0.496 e. The van der Waals surface area contributed by atoms with Crippen LogP contribution in [0.4, 0.5) is 0 Å². The van der Waals surface area contributed by atoms with Gasteiger partial charge in [0.25, 0.3) is 0 Å². The minimum atomic E-state index is -3.10. The molecule has 1 aromatic carbocycles. The van der Waals surface area contributed by atoms with Crippen LogP contribution < -0.4 is 14.2 Å². The van der Waals surface area contributed by atoms with E-state index in [2.05, 4.69) is 4.90 Å². The lowest BCUT2D eigenvalue weighted by Gasteiger charge is -2.34. The van der Waals surface area contributed by atoms with E-state index >= 15 is 0 Å². The molecule has 0 aliphatic carbocycles. The maximum Gasteiger partial charge on any atom is 0.414 e. The highest BCUT2D eigenvalue weighted by molar-refractivity contribution is 7.89. The Hall–Kier alpha value is -2.57. The predicted molar refractivity (Wildman–Crippen MR) is 108 cm³/mol. The van der Waals surface area contributed by atoms with E-state index in [0.717, 1.165) is 11.3 Å². The van der Waals surface area contributed by atoms with Crippen molar-refractivity contribution in [2.75, 3.05) is 53.3 Å². The summed E-state index contributed by atoms with van der Waals surface area (Å²) in [5.74, 6) is -1.49. The maximum atomic E-state index is 11.9. The van der Waals surface area contributed by atoms with Crippen molar-refractivity contribution in [2.24, 2.45) is 0 Å². The van der Waals surface area contributed by atoms with E-state index in [4.69, 9.17) is 34.0 Å². The fraction of sp³-hybridized carbons (Fsp3) is 0.556. The van der Waals surface area contributed by atoms with E-state index in [1.165, 1.54) is 0 Å². The Morgan fingerprint density at radius 1 is 0.900 bits per heavy atom. The number of benzene rings is 1. The number of carboxylic acids is 2. The molecule has 0 amide bonds. The highest BCUT2D eigenvalue weighted by Crippen LogP contribution is 2.35. The third-order valence-corrected chi connectivity index (χ3v) is 6.33. The van der Waals surface area contributed by atoms with Crippen molar-refractivity contribution in [3.05, 3.63) is 17.7 Å². The van der Waals surface area contributed by atoms with Gasteiger partial charge in [0.2, 0.25) is 10.0 Å². The van der Waals surface area contributed by atoms with E-state index in [0.29, 0.717) is 44.2 Å². The molecule has 1 aliphatic heterocycles. The quantitative estimate of drug-likeness (QED) is 0.560. The monoisotopic (exact) mass is 448 g/mol. The number of hydrogen-bond acceptors (Lipinski definition) is 8. The van der Waals surface area contributed by atoms with Crippen molar-refractivity contribution in [1.82, 2.24) is 9.21 Å². The van der Waals surface area contributed by atoms with Crippen molar-refractivity contribution in [3.63, 3.8) is 0 Å². The molecule has 0 saturated carbocycles. The lowest BCUT2D eigenvalue weighted by atomic mass is 10.1. The van der Waals surface area contributed by atoms with Crippen LogP contribution in [-0.4, -0.2) is 93.0 Å². The Morgan fingerprint density at radius 3 is 1.77 bits per heavy atom. The Morgan fingerprint density at radius 2 is 1.37 bits per heavy atom. The number of ether oxygens (including phenoxy) is 3. The van der Waals surface area contributed by atoms with Gasteiger partial charge < -0.3 is 24.4 Å². The van der Waals surface area contributed by atoms with Gasteiger partial charge in [0.1, 0.15) is 5.75 Å². The van der Waals surface area contributed by atoms with Crippen LogP contribution in [0.3, 0.4) is 0 Å². The second-order valence-corrected chi connectivity index (χ2v) is 8.46. The van der Waals surface area contributed by atoms with Crippen LogP contribution in [-0.2, 0) is 26.2 Å². The highest BCUT2D eigenvalue weighted by atomic mass is 32.2. The first kappa shape index (κ1) is 25.5. The Kier molecular flexibility index (Phi) is 9.82. The zero-order valence-corrected chi connectivity index (χ0v) is 18.3. The Labute approximate surface area is 175 Å². The van der Waals surface area contributed by atoms with E-state index < -0.39 is 22.0 Å². The number of methoxy groups -OCH3 is 3. The summed E-state index contributed by atoms with van der Waals surface area (Å²) >= 11 is 0. The molecule has 0 spiro atoms. The summed E-state index contributed by atoms with van der Waals surface area (Å²) < 4.78 is 41.5. The average molecular weight is 448 g/mol. The first-order valence-corrected chi connectivity index (χ1v) is 10.7. The van der Waals surface area contributed by atoms with Crippen molar-refractivity contribution in [2.45, 2.75) is 13.5 Å². The van der Waals surface area contributed by atoms with Gasteiger partial charge in [-0.15, -0.1) is 0 Å². The van der Waals surface area contributed by atoms with Crippen molar-refractivity contribution in [1.29, 1.82) is 0 Å². The summed E-state index contributed by atoms with van der Waals surface area (Å²) in [5.41, 5.74) is 0.988. The summed E-state index contributed by atoms with van der Waals surface area (Å²) in [4.78, 5) is 20.4. The van der Waals surface area contributed by atoms with Gasteiger partial charge in [0, 0.05) is 44.4 Å². The summed E-state index contributed by atoms with van der Waals surface area (Å²) in [5, 5.41) is 14.8. The van der Waals surface area contributed by atoms with Gasteiger partial charge in [-0.3, -0.25) is 4.90 Å². The zero-order valence-electron chi connectivity index (χ0n) is 17.5. The van der Waals surface area contributed by atoms with Crippen LogP contribution >= 0.6 is 0 Å². The lowest BCUT2D eigenvalue weighted by Crippen LogP contribution is -2.48. The van der Waals surface area contributed by atoms with Crippen LogP contribution in [0.25, 0.3) is 0 Å². The van der Waals surface area contributed by atoms with E-state index in [-0.39, 0.29) is 5.75 Å². The standard InChI is InChI=1S/C16H26N2O5S.C2H2O4/c1-5-24(19,20)18-8-6-17(7-9-18)12-13-10-15(22-3)16(23-4)11-14(13)21-2;3-1(4)2(5)6/h10-11H,5-9,12H2,1-4H3;(H,3,4)(H,5,6). The maximum absolute atomic E-state index is 11.9. The molecular weight excluding hydrogens is 420 g/mol. The molecule has 0 radical (unpaired) electrons. The molecule has 1 fully saturated rings. The molecule has 30 heavy (non-hydrogen) atoms. The number of sulfonamides is 1. The molecule has 0 bridgehead atoms. The summed E-state index contributed by atoms with van der Waals surface area (Å²) in [7, 11) is 1.70. The van der Waals surface area contributed by atoms with E-state index in [1.807, 2.05) is 12.1 Å². The van der Waals surface area contributed by atoms with Gasteiger partial charge in [-0.05, 0) is 13.0 Å². The summed E-state index contributed by atoms with van der Waals surface area (Å²) in [6, 6.07) is 3.72. The van der Waals surface area contributed by atoms with Crippen LogP contribution in [0.1, 0.15) is 12.5 Å². The molecule has 1 aliphatic rings. The van der Waals surface area contributed by atoms with Gasteiger partial charge in [-0.25, -0.2) is 18.0 Å². The van der Waals surface area contributed by atoms with Crippen LogP contribution in [0.2, 0.25) is 0 Å². The van der Waals surface area contributed by atoms with Gasteiger partial charge in [-0.1, -0.05) is 0 Å². The third-order valence-electron chi connectivity index (χ3n) is 4.45. The predicted octanol–water partition coefficient (Wildman–Crippen LogP) is 0.335. The second kappa shape index (κ2) is 11.6. The Balaban J connectivity index is 0.000000656. The fourth-order valence-corrected chi connectivity index (χ4v) is 3.89. The minimum Gasteiger partial charge on any atom is -0.496 e. The molecule has 1 saturated heterocycles. The number of carboxylic acid groups (broad SMARTS) is 2. The van der Waals surface area contributed by atoms with Gasteiger partial charge in [0.05, 0.1) is 27.1 Å². The lowest BCUT2D eigenvalue weighted by molar-refractivity contribution is -0.159. The molecule has 12 heteroatoms. The number of rotatable bonds is 7. The molecule has 0 aromatic heterocycles. The van der Waals surface area contributed by atoms with Gasteiger partial charge in [0.15, 0.2) is 11.5 Å². The number of piperazine rings is 1. The smallest absolute Gasteiger partial charge is 0.414 e. The fourth-order valence-electron chi connectivity index (χ4n) is 2.81. The Bertz CT molecular complexity index is 822. The third kappa shape index (κ3) is 7.04. The molecular formula is C18H28N2O9S. The average Bonchev–Trinajstić information content (AvgIpc) is 2.74. The normalized spacial score (nSPS) is 14.9. The van der Waals surface area contributed by atoms with Crippen molar-refractivity contribution < 1.29 is 42.4 Å². The number of nitrogens with zero attached hydrogens (tertiary/aromatic N) is 2. The minimum absolute atomic E-state index is 0.149. The first-order chi connectivity index (χ1) is 14.1. The molecule has 1 aromatic rings. The topological polar surface area (TPSA) is 143 Å². The van der Waals surface area contributed by atoms with Crippen molar-refractivity contribution >= 4 is 22.0 Å². The number of hydrogen-bond donors (Lipinski definition) is 2. The molecule has 170 valence electrons. The molecule has 0 unspecified atom stereocenters. The first-order valence-electron chi connectivity index (χ1n) is 9.04. The number of carbonyl (C=O) groups is 2. The van der Waals surface area contributed by atoms with Gasteiger partial charge in [-0.2, -0.15) is 4.31 Å². The van der Waals surface area contributed by atoms with Crippen LogP contribution in [0.15, 0.2) is 12.1 Å². The summed E-state index contributed by atoms with van der Waals surface area (Å²) in [6.45, 7) is 4.77. The molecule has 11 nitrogen and oxygen atoms in total. The summed E-state index contributed by atoms with van der Waals surface area (Å²) in [6.07, 6.45) is 0. The number of aliphatic carboxylic acids is 2. The van der Waals surface area contributed by atoms with E-state index in [1.54, 1.807) is 32.6 Å². The molecule has 2 N–H and O–H groups in total. The zero-order chi connectivity index (χ0) is 22.9. The van der Waals surface area contributed by atoms with E-state index in [9.17, 15) is 8.42 Å².